The van der Waals surface area contributed by atoms with Crippen LogP contribution in [0.15, 0.2) is 25.3 Å². The lowest BCUT2D eigenvalue weighted by Gasteiger charge is -2.18. The quantitative estimate of drug-likeness (QED) is 0.458. The summed E-state index contributed by atoms with van der Waals surface area (Å²) in [5.74, 6) is -6.34. The van der Waals surface area contributed by atoms with Crippen LogP contribution in [0.3, 0.4) is 0 Å². The van der Waals surface area contributed by atoms with E-state index in [9.17, 15) is 29.4 Å². The van der Waals surface area contributed by atoms with E-state index in [0.29, 0.717) is 0 Å². The zero-order valence-electron chi connectivity index (χ0n) is 12.9. The van der Waals surface area contributed by atoms with Crippen molar-refractivity contribution >= 4 is 23.9 Å². The van der Waals surface area contributed by atoms with Crippen molar-refractivity contribution in [3.63, 3.8) is 0 Å². The Kier molecular flexibility index (Phi) is 5.61. The van der Waals surface area contributed by atoms with Crippen molar-refractivity contribution in [2.75, 3.05) is 0 Å². The summed E-state index contributed by atoms with van der Waals surface area (Å²) in [5.41, 5.74) is -1.12. The van der Waals surface area contributed by atoms with E-state index >= 15 is 0 Å². The molecule has 0 radical (unpaired) electrons. The standard InChI is InChI=1S/C16H14O8/c1-5-9(17)23-13-8(4)7(3)11(15(19)20)14(12(13)16(21)22)24-10(18)6-2/h5-6H,1-2H2,3-4H3,(H,19,20)(H,21,22). The lowest BCUT2D eigenvalue weighted by molar-refractivity contribution is -0.129. The summed E-state index contributed by atoms with van der Waals surface area (Å²) in [6.45, 7) is 9.10. The predicted octanol–water partition coefficient (Wildman–Crippen LogP) is 1.88. The minimum atomic E-state index is -1.64. The Bertz CT molecular complexity index is 773. The average Bonchev–Trinajstić information content (AvgIpc) is 2.51. The summed E-state index contributed by atoms with van der Waals surface area (Å²) in [4.78, 5) is 46.0. The van der Waals surface area contributed by atoms with Gasteiger partial charge in [0, 0.05) is 12.2 Å². The highest BCUT2D eigenvalue weighted by atomic mass is 16.5. The second-order valence-corrected chi connectivity index (χ2v) is 4.52. The maximum Gasteiger partial charge on any atom is 0.343 e. The number of rotatable bonds is 6. The van der Waals surface area contributed by atoms with Crippen LogP contribution in [0.25, 0.3) is 0 Å². The fourth-order valence-corrected chi connectivity index (χ4v) is 1.91. The van der Waals surface area contributed by atoms with Gasteiger partial charge < -0.3 is 19.7 Å². The molecule has 24 heavy (non-hydrogen) atoms. The van der Waals surface area contributed by atoms with Gasteiger partial charge in [-0.2, -0.15) is 0 Å². The number of carboxylic acid groups (broad SMARTS) is 2. The average molecular weight is 334 g/mol. The fourth-order valence-electron chi connectivity index (χ4n) is 1.91. The predicted molar refractivity (Wildman–Crippen MR) is 81.5 cm³/mol. The van der Waals surface area contributed by atoms with Crippen molar-refractivity contribution < 1.29 is 38.9 Å². The van der Waals surface area contributed by atoms with E-state index in [2.05, 4.69) is 13.2 Å². The minimum absolute atomic E-state index is 0.0752. The van der Waals surface area contributed by atoms with Crippen LogP contribution in [-0.2, 0) is 9.59 Å². The molecule has 0 amide bonds. The number of ether oxygens (including phenoxy) is 2. The Balaban J connectivity index is 3.91. The Labute approximate surface area is 136 Å². The summed E-state index contributed by atoms with van der Waals surface area (Å²) in [5, 5.41) is 18.8. The van der Waals surface area contributed by atoms with Gasteiger partial charge in [-0.25, -0.2) is 19.2 Å². The molecular formula is C16H14O8. The van der Waals surface area contributed by atoms with Crippen molar-refractivity contribution in [3.8, 4) is 11.5 Å². The Hall–Kier alpha value is -3.42. The molecule has 8 nitrogen and oxygen atoms in total. The summed E-state index contributed by atoms with van der Waals surface area (Å²) < 4.78 is 9.71. The number of carbonyl (C=O) groups is 4. The topological polar surface area (TPSA) is 127 Å². The monoisotopic (exact) mass is 334 g/mol. The number of aromatic carboxylic acids is 2. The number of hydrogen-bond donors (Lipinski definition) is 2. The zero-order valence-corrected chi connectivity index (χ0v) is 12.9. The van der Waals surface area contributed by atoms with Gasteiger partial charge in [-0.3, -0.25) is 0 Å². The van der Waals surface area contributed by atoms with Crippen molar-refractivity contribution in [3.05, 3.63) is 47.6 Å². The van der Waals surface area contributed by atoms with Gasteiger partial charge in [0.25, 0.3) is 0 Å². The molecule has 0 aliphatic rings. The zero-order chi connectivity index (χ0) is 18.6. The van der Waals surface area contributed by atoms with Crippen molar-refractivity contribution in [1.82, 2.24) is 0 Å². The van der Waals surface area contributed by atoms with E-state index in [1.54, 1.807) is 0 Å². The van der Waals surface area contributed by atoms with Crippen LogP contribution in [0.2, 0.25) is 0 Å². The van der Waals surface area contributed by atoms with Crippen molar-refractivity contribution in [1.29, 1.82) is 0 Å². The van der Waals surface area contributed by atoms with E-state index in [1.807, 2.05) is 0 Å². The maximum atomic E-state index is 11.6. The normalized spacial score (nSPS) is 9.75. The first-order valence-corrected chi connectivity index (χ1v) is 6.47. The van der Waals surface area contributed by atoms with Crippen molar-refractivity contribution in [2.24, 2.45) is 0 Å². The number of carbonyl (C=O) groups excluding carboxylic acids is 2. The first kappa shape index (κ1) is 18.6. The molecule has 2 N–H and O–H groups in total. The fraction of sp³-hybridized carbons (Fsp3) is 0.125. The molecule has 0 bridgehead atoms. The molecule has 8 heteroatoms. The van der Waals surface area contributed by atoms with Gasteiger partial charge in [0.15, 0.2) is 11.5 Å². The third-order valence-corrected chi connectivity index (χ3v) is 3.13. The summed E-state index contributed by atoms with van der Waals surface area (Å²) in [6.07, 6.45) is 1.54. The maximum absolute atomic E-state index is 11.6. The van der Waals surface area contributed by atoms with Gasteiger partial charge in [0.05, 0.1) is 0 Å². The number of benzene rings is 1. The van der Waals surface area contributed by atoms with Gasteiger partial charge in [0.1, 0.15) is 11.1 Å². The van der Waals surface area contributed by atoms with Gasteiger partial charge >= 0.3 is 23.9 Å². The highest BCUT2D eigenvalue weighted by Gasteiger charge is 2.31. The van der Waals surface area contributed by atoms with Gasteiger partial charge in [-0.05, 0) is 25.0 Å². The second kappa shape index (κ2) is 7.23. The van der Waals surface area contributed by atoms with Gasteiger partial charge in [-0.1, -0.05) is 13.2 Å². The molecular weight excluding hydrogens is 320 g/mol. The van der Waals surface area contributed by atoms with Crippen LogP contribution in [0, 0.1) is 13.8 Å². The Morgan fingerprint density at radius 3 is 1.58 bits per heavy atom. The van der Waals surface area contributed by atoms with Crippen LogP contribution in [0.1, 0.15) is 31.8 Å². The SMILES string of the molecule is C=CC(=O)Oc1c(C)c(C)c(C(=O)O)c(OC(=O)C=C)c1C(=O)O. The molecule has 0 fully saturated rings. The first-order valence-electron chi connectivity index (χ1n) is 6.47. The number of esters is 2. The highest BCUT2D eigenvalue weighted by molar-refractivity contribution is 6.05. The van der Waals surface area contributed by atoms with E-state index in [-0.39, 0.29) is 11.1 Å². The highest BCUT2D eigenvalue weighted by Crippen LogP contribution is 2.39. The van der Waals surface area contributed by atoms with Crippen LogP contribution in [0.4, 0.5) is 0 Å². The van der Waals surface area contributed by atoms with Crippen LogP contribution >= 0.6 is 0 Å². The van der Waals surface area contributed by atoms with Crippen LogP contribution < -0.4 is 9.47 Å². The smallest absolute Gasteiger partial charge is 0.343 e. The third kappa shape index (κ3) is 3.49. The largest absolute Gasteiger partial charge is 0.478 e. The van der Waals surface area contributed by atoms with E-state index in [4.69, 9.17) is 9.47 Å². The molecule has 0 atom stereocenters. The van der Waals surface area contributed by atoms with Gasteiger partial charge in [0.2, 0.25) is 0 Å². The molecule has 0 aliphatic heterocycles. The molecule has 0 saturated heterocycles. The summed E-state index contributed by atoms with van der Waals surface area (Å²) >= 11 is 0. The minimum Gasteiger partial charge on any atom is -0.478 e. The van der Waals surface area contributed by atoms with E-state index in [0.717, 1.165) is 12.2 Å². The molecule has 1 rings (SSSR count). The molecule has 0 spiro atoms. The molecule has 0 saturated carbocycles. The lowest BCUT2D eigenvalue weighted by atomic mass is 9.96. The third-order valence-electron chi connectivity index (χ3n) is 3.13. The molecule has 0 heterocycles. The Morgan fingerprint density at radius 1 is 0.792 bits per heavy atom. The summed E-state index contributed by atoms with van der Waals surface area (Å²) in [6, 6.07) is 0. The van der Waals surface area contributed by atoms with E-state index in [1.165, 1.54) is 13.8 Å². The van der Waals surface area contributed by atoms with E-state index < -0.39 is 46.5 Å². The molecule has 0 aromatic heterocycles. The van der Waals surface area contributed by atoms with Gasteiger partial charge in [-0.15, -0.1) is 0 Å². The van der Waals surface area contributed by atoms with Crippen LogP contribution in [-0.4, -0.2) is 34.1 Å². The van der Waals surface area contributed by atoms with Crippen molar-refractivity contribution in [2.45, 2.75) is 13.8 Å². The number of hydrogen-bond acceptors (Lipinski definition) is 6. The number of carboxylic acids is 2. The molecule has 1 aromatic carbocycles. The lowest BCUT2D eigenvalue weighted by Crippen LogP contribution is -2.18. The molecule has 0 unspecified atom stereocenters. The second-order valence-electron chi connectivity index (χ2n) is 4.52. The molecule has 1 aromatic rings. The molecule has 126 valence electrons. The summed E-state index contributed by atoms with van der Waals surface area (Å²) in [7, 11) is 0. The first-order chi connectivity index (χ1) is 11.1. The molecule has 0 aliphatic carbocycles. The Morgan fingerprint density at radius 2 is 1.21 bits per heavy atom. The van der Waals surface area contributed by atoms with Crippen LogP contribution in [0.5, 0.6) is 11.5 Å².